The van der Waals surface area contributed by atoms with Crippen molar-refractivity contribution in [3.63, 3.8) is 0 Å². The molecule has 0 saturated carbocycles. The van der Waals surface area contributed by atoms with Crippen LogP contribution >= 0.6 is 11.8 Å². The fourth-order valence-electron chi connectivity index (χ4n) is 2.82. The van der Waals surface area contributed by atoms with E-state index in [2.05, 4.69) is 35.6 Å². The van der Waals surface area contributed by atoms with Gasteiger partial charge < -0.3 is 5.32 Å². The lowest BCUT2D eigenvalue weighted by Gasteiger charge is -2.17. The first-order valence-electron chi connectivity index (χ1n) is 8.24. The maximum absolute atomic E-state index is 12.2. The number of thioether (sulfide) groups is 1. The molecule has 0 bridgehead atoms. The van der Waals surface area contributed by atoms with Gasteiger partial charge in [-0.15, -0.1) is 11.8 Å². The van der Waals surface area contributed by atoms with E-state index in [-0.39, 0.29) is 5.91 Å². The number of benzene rings is 3. The van der Waals surface area contributed by atoms with Crippen LogP contribution < -0.4 is 5.32 Å². The van der Waals surface area contributed by atoms with Crippen molar-refractivity contribution in [1.82, 2.24) is 4.90 Å². The molecule has 3 nitrogen and oxygen atoms in total. The number of rotatable bonds is 6. The van der Waals surface area contributed by atoms with Crippen LogP contribution in [0.5, 0.6) is 0 Å². The number of nitrogens with zero attached hydrogens (tertiary/aromatic N) is 1. The molecule has 3 aromatic rings. The summed E-state index contributed by atoms with van der Waals surface area (Å²) in [6.45, 7) is 1.10. The van der Waals surface area contributed by atoms with Crippen LogP contribution in [0.15, 0.2) is 71.6 Å². The Morgan fingerprint density at radius 1 is 1.00 bits per heavy atom. The number of nitrogens with one attached hydrogen (secondary N) is 1. The molecule has 4 heteroatoms. The van der Waals surface area contributed by atoms with Gasteiger partial charge in [0.25, 0.3) is 0 Å². The average Bonchev–Trinajstić information content (AvgIpc) is 2.62. The quantitative estimate of drug-likeness (QED) is 0.658. The second kappa shape index (κ2) is 8.19. The van der Waals surface area contributed by atoms with Gasteiger partial charge in [0.2, 0.25) is 5.91 Å². The summed E-state index contributed by atoms with van der Waals surface area (Å²) >= 11 is 1.69. The molecule has 0 fully saturated rings. The first kappa shape index (κ1) is 17.5. The summed E-state index contributed by atoms with van der Waals surface area (Å²) in [5, 5.41) is 5.41. The van der Waals surface area contributed by atoms with Gasteiger partial charge in [-0.2, -0.15) is 0 Å². The molecule has 128 valence electrons. The van der Waals surface area contributed by atoms with E-state index in [0.717, 1.165) is 12.2 Å². The van der Waals surface area contributed by atoms with Crippen molar-refractivity contribution < 1.29 is 4.79 Å². The molecule has 0 heterocycles. The first-order chi connectivity index (χ1) is 12.1. The Balaban J connectivity index is 1.56. The third-order valence-corrected chi connectivity index (χ3v) is 4.80. The van der Waals surface area contributed by atoms with Crippen LogP contribution in [0.4, 0.5) is 5.69 Å². The van der Waals surface area contributed by atoms with Crippen molar-refractivity contribution in [2.24, 2.45) is 0 Å². The van der Waals surface area contributed by atoms with Gasteiger partial charge in [0.1, 0.15) is 0 Å². The molecule has 0 spiro atoms. The standard InChI is InChI=1S/C21H22N2OS/c1-23(14-16-7-8-17-5-3-4-6-18(17)13-16)15-21(24)22-19-9-11-20(25-2)12-10-19/h3-13H,14-15H2,1-2H3,(H,22,24). The number of hydrogen-bond acceptors (Lipinski definition) is 3. The van der Waals surface area contributed by atoms with Crippen molar-refractivity contribution >= 4 is 34.1 Å². The molecule has 25 heavy (non-hydrogen) atoms. The maximum atomic E-state index is 12.2. The zero-order valence-electron chi connectivity index (χ0n) is 14.5. The minimum Gasteiger partial charge on any atom is -0.325 e. The summed E-state index contributed by atoms with van der Waals surface area (Å²) in [5.41, 5.74) is 2.04. The van der Waals surface area contributed by atoms with Crippen LogP contribution in [0, 0.1) is 0 Å². The van der Waals surface area contributed by atoms with Gasteiger partial charge in [0, 0.05) is 17.1 Å². The molecule has 0 radical (unpaired) electrons. The number of carbonyl (C=O) groups is 1. The van der Waals surface area contributed by atoms with Gasteiger partial charge in [-0.1, -0.05) is 36.4 Å². The van der Waals surface area contributed by atoms with E-state index in [1.807, 2.05) is 54.6 Å². The third kappa shape index (κ3) is 4.84. The molecule has 0 aliphatic heterocycles. The molecule has 0 unspecified atom stereocenters. The van der Waals surface area contributed by atoms with Crippen LogP contribution in [-0.4, -0.2) is 30.7 Å². The van der Waals surface area contributed by atoms with E-state index in [1.54, 1.807) is 11.8 Å². The highest BCUT2D eigenvalue weighted by atomic mass is 32.2. The summed E-state index contributed by atoms with van der Waals surface area (Å²) in [6, 6.07) is 22.7. The van der Waals surface area contributed by atoms with E-state index < -0.39 is 0 Å². The second-order valence-corrected chi connectivity index (χ2v) is 7.01. The summed E-state index contributed by atoms with van der Waals surface area (Å²) in [4.78, 5) is 15.4. The van der Waals surface area contributed by atoms with Crippen LogP contribution in [0.1, 0.15) is 5.56 Å². The van der Waals surface area contributed by atoms with Crippen LogP contribution in [0.3, 0.4) is 0 Å². The summed E-state index contributed by atoms with van der Waals surface area (Å²) in [5.74, 6) is 0.000177. The Kier molecular flexibility index (Phi) is 5.74. The predicted molar refractivity (Wildman–Crippen MR) is 107 cm³/mol. The minimum absolute atomic E-state index is 0.000177. The van der Waals surface area contributed by atoms with Gasteiger partial charge in [-0.3, -0.25) is 9.69 Å². The lowest BCUT2D eigenvalue weighted by molar-refractivity contribution is -0.117. The fourth-order valence-corrected chi connectivity index (χ4v) is 3.23. The lowest BCUT2D eigenvalue weighted by Crippen LogP contribution is -2.29. The monoisotopic (exact) mass is 350 g/mol. The van der Waals surface area contributed by atoms with Gasteiger partial charge in [0.05, 0.1) is 6.54 Å². The summed E-state index contributed by atoms with van der Waals surface area (Å²) in [6.07, 6.45) is 2.04. The Hall–Kier alpha value is -2.30. The molecule has 0 aliphatic rings. The Labute approximate surface area is 153 Å². The van der Waals surface area contributed by atoms with Gasteiger partial charge in [-0.25, -0.2) is 0 Å². The smallest absolute Gasteiger partial charge is 0.238 e. The molecule has 3 rings (SSSR count). The topological polar surface area (TPSA) is 32.3 Å². The maximum Gasteiger partial charge on any atom is 0.238 e. The predicted octanol–water partition coefficient (Wildman–Crippen LogP) is 4.63. The largest absolute Gasteiger partial charge is 0.325 e. The molecule has 0 aromatic heterocycles. The van der Waals surface area contributed by atoms with Crippen molar-refractivity contribution in [2.75, 3.05) is 25.2 Å². The normalized spacial score (nSPS) is 11.0. The molecular weight excluding hydrogens is 328 g/mol. The molecule has 1 N–H and O–H groups in total. The number of fused-ring (bicyclic) bond motifs is 1. The molecule has 0 aliphatic carbocycles. The highest BCUT2D eigenvalue weighted by Gasteiger charge is 2.08. The zero-order chi connectivity index (χ0) is 17.6. The Bertz CT molecular complexity index is 861. The summed E-state index contributed by atoms with van der Waals surface area (Å²) < 4.78 is 0. The summed E-state index contributed by atoms with van der Waals surface area (Å²) in [7, 11) is 1.96. The van der Waals surface area contributed by atoms with Crippen molar-refractivity contribution in [3.05, 3.63) is 72.3 Å². The number of hydrogen-bond donors (Lipinski definition) is 1. The molecule has 3 aromatic carbocycles. The van der Waals surface area contributed by atoms with Crippen LogP contribution in [-0.2, 0) is 11.3 Å². The van der Waals surface area contributed by atoms with E-state index in [0.29, 0.717) is 6.54 Å². The SMILES string of the molecule is CSc1ccc(NC(=O)CN(C)Cc2ccc3ccccc3c2)cc1. The van der Waals surface area contributed by atoms with Gasteiger partial charge in [0.15, 0.2) is 0 Å². The van der Waals surface area contributed by atoms with E-state index in [4.69, 9.17) is 0 Å². The Morgan fingerprint density at radius 2 is 1.72 bits per heavy atom. The molecular formula is C21H22N2OS. The van der Waals surface area contributed by atoms with E-state index >= 15 is 0 Å². The van der Waals surface area contributed by atoms with E-state index in [9.17, 15) is 4.79 Å². The lowest BCUT2D eigenvalue weighted by atomic mass is 10.1. The molecule has 0 saturated heterocycles. The average molecular weight is 350 g/mol. The van der Waals surface area contributed by atoms with Gasteiger partial charge in [-0.05, 0) is 60.0 Å². The Morgan fingerprint density at radius 3 is 2.44 bits per heavy atom. The van der Waals surface area contributed by atoms with Crippen molar-refractivity contribution in [2.45, 2.75) is 11.4 Å². The zero-order valence-corrected chi connectivity index (χ0v) is 15.3. The van der Waals surface area contributed by atoms with Crippen LogP contribution in [0.2, 0.25) is 0 Å². The second-order valence-electron chi connectivity index (χ2n) is 6.13. The van der Waals surface area contributed by atoms with Crippen molar-refractivity contribution in [3.8, 4) is 0 Å². The highest BCUT2D eigenvalue weighted by Crippen LogP contribution is 2.18. The van der Waals surface area contributed by atoms with E-state index in [1.165, 1.54) is 21.2 Å². The highest BCUT2D eigenvalue weighted by molar-refractivity contribution is 7.98. The van der Waals surface area contributed by atoms with Crippen molar-refractivity contribution in [1.29, 1.82) is 0 Å². The third-order valence-electron chi connectivity index (χ3n) is 4.05. The fraction of sp³-hybridized carbons (Fsp3) is 0.190. The van der Waals surface area contributed by atoms with Crippen LogP contribution in [0.25, 0.3) is 10.8 Å². The number of anilines is 1. The number of carbonyl (C=O) groups excluding carboxylic acids is 1. The van der Waals surface area contributed by atoms with Gasteiger partial charge >= 0.3 is 0 Å². The molecule has 0 atom stereocenters. The number of likely N-dealkylation sites (N-methyl/N-ethyl adjacent to an activating group) is 1. The minimum atomic E-state index is 0.000177. The first-order valence-corrected chi connectivity index (χ1v) is 9.46. The molecule has 1 amide bonds. The number of amides is 1.